The van der Waals surface area contributed by atoms with E-state index < -0.39 is 17.3 Å². The van der Waals surface area contributed by atoms with E-state index in [1.807, 2.05) is 5.38 Å². The van der Waals surface area contributed by atoms with Crippen LogP contribution < -0.4 is 16.1 Å². The van der Waals surface area contributed by atoms with Crippen molar-refractivity contribution in [3.63, 3.8) is 0 Å². The molecule has 1 fully saturated rings. The van der Waals surface area contributed by atoms with Gasteiger partial charge in [-0.25, -0.2) is 14.8 Å². The van der Waals surface area contributed by atoms with Gasteiger partial charge in [0.15, 0.2) is 16.3 Å². The Bertz CT molecular complexity index is 1150. The Kier molecular flexibility index (Phi) is 5.12. The third kappa shape index (κ3) is 3.21. The summed E-state index contributed by atoms with van der Waals surface area (Å²) < 4.78 is 3.93. The van der Waals surface area contributed by atoms with Crippen LogP contribution in [0.1, 0.15) is 45.1 Å². The normalized spacial score (nSPS) is 16.2. The largest absolute Gasteiger partial charge is 0.332 e. The smallest absolute Gasteiger partial charge is 0.312 e. The fourth-order valence-corrected chi connectivity index (χ4v) is 4.80. The summed E-state index contributed by atoms with van der Waals surface area (Å²) >= 11 is 1.44. The Morgan fingerprint density at radius 1 is 1.17 bits per heavy atom. The molecule has 29 heavy (non-hydrogen) atoms. The number of thiazole rings is 1. The summed E-state index contributed by atoms with van der Waals surface area (Å²) in [7, 11) is 3.00. The van der Waals surface area contributed by atoms with E-state index in [-0.39, 0.29) is 23.1 Å². The molecule has 1 saturated carbocycles. The minimum atomic E-state index is -0.656. The zero-order valence-corrected chi connectivity index (χ0v) is 17.6. The van der Waals surface area contributed by atoms with Gasteiger partial charge in [0.1, 0.15) is 6.04 Å². The number of carbonyl (C=O) groups is 1. The van der Waals surface area contributed by atoms with Gasteiger partial charge in [-0.15, -0.1) is 11.3 Å². The molecule has 0 aromatic carbocycles. The molecule has 0 radical (unpaired) electrons. The molecular formula is C19H24N6O3S. The Morgan fingerprint density at radius 2 is 1.90 bits per heavy atom. The highest BCUT2D eigenvalue weighted by molar-refractivity contribution is 7.13. The van der Waals surface area contributed by atoms with Crippen molar-refractivity contribution >= 4 is 33.5 Å². The fourth-order valence-electron chi connectivity index (χ4n) is 4.08. The second kappa shape index (κ2) is 7.58. The quantitative estimate of drug-likeness (QED) is 0.647. The highest BCUT2D eigenvalue weighted by atomic mass is 32.1. The first-order chi connectivity index (χ1) is 13.9. The Morgan fingerprint density at radius 3 is 2.55 bits per heavy atom. The number of aryl methyl sites for hydroxylation is 1. The van der Waals surface area contributed by atoms with Crippen LogP contribution in [0.2, 0.25) is 0 Å². The first kappa shape index (κ1) is 19.6. The molecule has 0 spiro atoms. The van der Waals surface area contributed by atoms with E-state index in [2.05, 4.69) is 9.97 Å². The number of hydrogen-bond acceptors (Lipinski definition) is 6. The summed E-state index contributed by atoms with van der Waals surface area (Å²) in [5.74, 6) is -0.123. The van der Waals surface area contributed by atoms with Crippen molar-refractivity contribution in [1.82, 2.24) is 23.7 Å². The molecule has 10 heteroatoms. The summed E-state index contributed by atoms with van der Waals surface area (Å²) in [6, 6.07) is -0.553. The van der Waals surface area contributed by atoms with Gasteiger partial charge in [0.05, 0.1) is 6.33 Å². The number of imidazole rings is 1. The van der Waals surface area contributed by atoms with Crippen molar-refractivity contribution < 1.29 is 4.79 Å². The van der Waals surface area contributed by atoms with Gasteiger partial charge in [-0.1, -0.05) is 19.3 Å². The van der Waals surface area contributed by atoms with Crippen LogP contribution in [0.15, 0.2) is 27.5 Å². The molecule has 1 aliphatic carbocycles. The lowest BCUT2D eigenvalue weighted by Crippen LogP contribution is -2.45. The average Bonchev–Trinajstić information content (AvgIpc) is 3.41. The van der Waals surface area contributed by atoms with Gasteiger partial charge in [-0.2, -0.15) is 0 Å². The number of fused-ring (bicyclic) bond motifs is 1. The van der Waals surface area contributed by atoms with Crippen LogP contribution in [-0.4, -0.2) is 35.6 Å². The van der Waals surface area contributed by atoms with Gasteiger partial charge in [0.25, 0.3) is 11.5 Å². The number of aromatic nitrogens is 5. The molecule has 3 aromatic heterocycles. The third-order valence-corrected chi connectivity index (χ3v) is 6.52. The average molecular weight is 417 g/mol. The fraction of sp³-hybridized carbons (Fsp3) is 0.526. The molecule has 154 valence electrons. The molecule has 0 N–H and O–H groups in total. The predicted octanol–water partition coefficient (Wildman–Crippen LogP) is 1.82. The summed E-state index contributed by atoms with van der Waals surface area (Å²) in [5, 5.41) is 2.54. The van der Waals surface area contributed by atoms with Crippen LogP contribution in [0, 0.1) is 0 Å². The zero-order chi connectivity index (χ0) is 20.7. The lowest BCUT2D eigenvalue weighted by Gasteiger charge is -2.34. The summed E-state index contributed by atoms with van der Waals surface area (Å²) in [4.78, 5) is 49.0. The lowest BCUT2D eigenvalue weighted by molar-refractivity contribution is -0.121. The standard InChI is InChI=1S/C19H24N6O3S/c1-12(24-11-21-15-14(24)17(27)23(3)19(28)22(15)2)16(26)25(18-20-9-10-29-18)13-7-5-4-6-8-13/h9-13H,4-8H2,1-3H3/t12-/m1/s1. The Balaban J connectivity index is 1.78. The van der Waals surface area contributed by atoms with Crippen LogP contribution in [0.25, 0.3) is 11.2 Å². The van der Waals surface area contributed by atoms with Crippen LogP contribution in [0.4, 0.5) is 5.13 Å². The SMILES string of the molecule is C[C@H](C(=O)N(c1nccs1)C1CCCCC1)n1cnc2c1c(=O)n(C)c(=O)n2C. The summed E-state index contributed by atoms with van der Waals surface area (Å²) in [6.07, 6.45) is 8.41. The highest BCUT2D eigenvalue weighted by Gasteiger charge is 2.33. The van der Waals surface area contributed by atoms with Crippen molar-refractivity contribution in [3.05, 3.63) is 38.7 Å². The maximum atomic E-state index is 13.6. The number of rotatable bonds is 4. The number of carbonyl (C=O) groups excluding carboxylic acids is 1. The number of nitrogens with zero attached hydrogens (tertiary/aromatic N) is 6. The molecule has 0 aliphatic heterocycles. The molecule has 0 bridgehead atoms. The minimum absolute atomic E-state index is 0.104. The van der Waals surface area contributed by atoms with Gasteiger partial charge in [0.2, 0.25) is 0 Å². The maximum absolute atomic E-state index is 13.6. The molecule has 4 rings (SSSR count). The number of hydrogen-bond donors (Lipinski definition) is 0. The molecule has 9 nitrogen and oxygen atoms in total. The van der Waals surface area contributed by atoms with Gasteiger partial charge in [-0.3, -0.25) is 23.6 Å². The number of anilines is 1. The second-order valence-corrected chi connectivity index (χ2v) is 8.39. The summed E-state index contributed by atoms with van der Waals surface area (Å²) in [5.41, 5.74) is -0.383. The monoisotopic (exact) mass is 416 g/mol. The lowest BCUT2D eigenvalue weighted by atomic mass is 9.94. The molecular weight excluding hydrogens is 392 g/mol. The van der Waals surface area contributed by atoms with E-state index >= 15 is 0 Å². The van der Waals surface area contributed by atoms with E-state index in [9.17, 15) is 14.4 Å². The van der Waals surface area contributed by atoms with Crippen molar-refractivity contribution in [2.75, 3.05) is 4.90 Å². The summed E-state index contributed by atoms with van der Waals surface area (Å²) in [6.45, 7) is 1.76. The highest BCUT2D eigenvalue weighted by Crippen LogP contribution is 2.31. The van der Waals surface area contributed by atoms with Crippen molar-refractivity contribution in [1.29, 1.82) is 0 Å². The van der Waals surface area contributed by atoms with E-state index in [4.69, 9.17) is 0 Å². The van der Waals surface area contributed by atoms with Crippen LogP contribution >= 0.6 is 11.3 Å². The molecule has 1 atom stereocenters. The first-order valence-electron chi connectivity index (χ1n) is 9.77. The predicted molar refractivity (Wildman–Crippen MR) is 111 cm³/mol. The van der Waals surface area contributed by atoms with E-state index in [1.165, 1.54) is 35.7 Å². The topological polar surface area (TPSA) is 95.0 Å². The van der Waals surface area contributed by atoms with Crippen molar-refractivity contribution in [2.45, 2.75) is 51.1 Å². The van der Waals surface area contributed by atoms with Gasteiger partial charge in [0, 0.05) is 31.7 Å². The van der Waals surface area contributed by atoms with Gasteiger partial charge < -0.3 is 4.57 Å². The molecule has 3 heterocycles. The van der Waals surface area contributed by atoms with Crippen LogP contribution in [0.5, 0.6) is 0 Å². The first-order valence-corrected chi connectivity index (χ1v) is 10.6. The van der Waals surface area contributed by atoms with Crippen molar-refractivity contribution in [3.8, 4) is 0 Å². The van der Waals surface area contributed by atoms with Gasteiger partial charge >= 0.3 is 5.69 Å². The van der Waals surface area contributed by atoms with Crippen molar-refractivity contribution in [2.24, 2.45) is 14.1 Å². The molecule has 1 aliphatic rings. The molecule has 1 amide bonds. The van der Waals surface area contributed by atoms with E-state index in [1.54, 1.807) is 29.6 Å². The van der Waals surface area contributed by atoms with Crippen LogP contribution in [0.3, 0.4) is 0 Å². The molecule has 3 aromatic rings. The van der Waals surface area contributed by atoms with E-state index in [0.29, 0.717) is 5.13 Å². The minimum Gasteiger partial charge on any atom is -0.312 e. The zero-order valence-electron chi connectivity index (χ0n) is 16.7. The Hall–Kier alpha value is -2.75. The maximum Gasteiger partial charge on any atom is 0.332 e. The Labute approximate surface area is 171 Å². The van der Waals surface area contributed by atoms with Gasteiger partial charge in [-0.05, 0) is 19.8 Å². The molecule has 0 unspecified atom stereocenters. The number of amides is 1. The van der Waals surface area contributed by atoms with E-state index in [0.717, 1.165) is 30.3 Å². The second-order valence-electron chi connectivity index (χ2n) is 7.52. The van der Waals surface area contributed by atoms with Crippen LogP contribution in [-0.2, 0) is 18.9 Å². The third-order valence-electron chi connectivity index (χ3n) is 5.75. The molecule has 0 saturated heterocycles.